The van der Waals surface area contributed by atoms with Gasteiger partial charge in [0.05, 0.1) is 0 Å². The second-order valence-electron chi connectivity index (χ2n) is 5.45. The van der Waals surface area contributed by atoms with Gasteiger partial charge in [-0.05, 0) is 18.6 Å². The van der Waals surface area contributed by atoms with E-state index in [1.807, 2.05) is 0 Å². The van der Waals surface area contributed by atoms with Crippen molar-refractivity contribution in [2.24, 2.45) is 7.05 Å². The number of aromatic nitrogens is 1. The third-order valence-electron chi connectivity index (χ3n) is 3.78. The van der Waals surface area contributed by atoms with Crippen molar-refractivity contribution in [1.29, 1.82) is 0 Å². The Labute approximate surface area is 125 Å². The first-order chi connectivity index (χ1) is 10.0. The Balaban J connectivity index is 1.91. The molecule has 2 amide bonds. The Morgan fingerprint density at radius 3 is 2.62 bits per heavy atom. The van der Waals surface area contributed by atoms with Crippen LogP contribution in [0.4, 0.5) is 4.79 Å². The van der Waals surface area contributed by atoms with Crippen molar-refractivity contribution in [2.75, 3.05) is 27.2 Å². The largest absolute Gasteiger partial charge is 0.346 e. The topological polar surface area (TPSA) is 49.3 Å². The molecule has 2 aromatic rings. The fraction of sp³-hybridized carbons (Fsp3) is 0.438. The van der Waals surface area contributed by atoms with Crippen LogP contribution >= 0.6 is 0 Å². The number of fused-ring (bicyclic) bond motifs is 1. The van der Waals surface area contributed by atoms with Crippen molar-refractivity contribution in [1.82, 2.24) is 20.1 Å². The van der Waals surface area contributed by atoms with E-state index in [9.17, 15) is 4.79 Å². The summed E-state index contributed by atoms with van der Waals surface area (Å²) >= 11 is 0. The number of nitrogens with zero attached hydrogens (tertiary/aromatic N) is 2. The smallest absolute Gasteiger partial charge is 0.316 e. The zero-order chi connectivity index (χ0) is 15.4. The fourth-order valence-electron chi connectivity index (χ4n) is 2.51. The Kier molecular flexibility index (Phi) is 4.85. The molecule has 1 aromatic heterocycles. The van der Waals surface area contributed by atoms with Crippen LogP contribution in [0, 0.1) is 6.92 Å². The number of benzene rings is 1. The lowest BCUT2D eigenvalue weighted by Gasteiger charge is -2.12. The summed E-state index contributed by atoms with van der Waals surface area (Å²) in [5.41, 5.74) is 3.86. The van der Waals surface area contributed by atoms with Crippen LogP contribution in [0.15, 0.2) is 24.3 Å². The number of hydrogen-bond acceptors (Lipinski definition) is 2. The van der Waals surface area contributed by atoms with E-state index in [2.05, 4.69) is 53.4 Å². The molecule has 5 nitrogen and oxygen atoms in total. The second kappa shape index (κ2) is 6.63. The Morgan fingerprint density at radius 2 is 1.95 bits per heavy atom. The Bertz CT molecular complexity index is 591. The number of amides is 2. The van der Waals surface area contributed by atoms with Crippen molar-refractivity contribution < 1.29 is 4.79 Å². The van der Waals surface area contributed by atoms with Crippen LogP contribution in [0.25, 0.3) is 10.9 Å². The third-order valence-corrected chi connectivity index (χ3v) is 3.78. The summed E-state index contributed by atoms with van der Waals surface area (Å²) in [5.74, 6) is 0. The second-order valence-corrected chi connectivity index (χ2v) is 5.45. The fourth-order valence-corrected chi connectivity index (χ4v) is 2.51. The molecule has 0 aliphatic heterocycles. The first-order valence-electron chi connectivity index (χ1n) is 7.21. The summed E-state index contributed by atoms with van der Waals surface area (Å²) in [4.78, 5) is 12.9. The van der Waals surface area contributed by atoms with Gasteiger partial charge in [0, 0.05) is 57.4 Å². The maximum absolute atomic E-state index is 11.4. The lowest BCUT2D eigenvalue weighted by Crippen LogP contribution is -2.38. The number of carbonyl (C=O) groups is 1. The molecule has 0 spiro atoms. The molecule has 0 fully saturated rings. The summed E-state index contributed by atoms with van der Waals surface area (Å²) < 4.78 is 2.23. The summed E-state index contributed by atoms with van der Waals surface area (Å²) in [6.45, 7) is 4.34. The summed E-state index contributed by atoms with van der Waals surface area (Å²) in [7, 11) is 5.57. The summed E-state index contributed by atoms with van der Waals surface area (Å²) in [5, 5.41) is 7.53. The van der Waals surface area contributed by atoms with Crippen LogP contribution < -0.4 is 10.6 Å². The van der Waals surface area contributed by atoms with E-state index in [4.69, 9.17) is 0 Å². The molecule has 21 heavy (non-hydrogen) atoms. The van der Waals surface area contributed by atoms with Gasteiger partial charge < -0.3 is 20.1 Å². The highest BCUT2D eigenvalue weighted by Gasteiger charge is 2.10. The molecule has 0 saturated heterocycles. The van der Waals surface area contributed by atoms with Crippen LogP contribution in [0.3, 0.4) is 0 Å². The van der Waals surface area contributed by atoms with Crippen LogP contribution in [0.5, 0.6) is 0 Å². The predicted octanol–water partition coefficient (Wildman–Crippen LogP) is 1.85. The van der Waals surface area contributed by atoms with Gasteiger partial charge in [-0.1, -0.05) is 18.2 Å². The minimum atomic E-state index is -0.0578. The van der Waals surface area contributed by atoms with Crippen molar-refractivity contribution in [3.63, 3.8) is 0 Å². The molecule has 5 heteroatoms. The molecule has 0 unspecified atom stereocenters. The standard InChI is InChI=1S/C16H24N4O/c1-12-13-7-5-6-8-14(13)20(4)15(12)11-17-9-10-18-16(21)19(2)3/h5-8,17H,9-11H2,1-4H3,(H,18,21). The molecule has 2 rings (SSSR count). The molecule has 2 N–H and O–H groups in total. The zero-order valence-electron chi connectivity index (χ0n) is 13.2. The van der Waals surface area contributed by atoms with Crippen LogP contribution in [-0.4, -0.2) is 42.7 Å². The van der Waals surface area contributed by atoms with E-state index in [1.54, 1.807) is 14.1 Å². The highest BCUT2D eigenvalue weighted by Crippen LogP contribution is 2.23. The molecule has 0 aliphatic carbocycles. The average Bonchev–Trinajstić information content (AvgIpc) is 2.71. The lowest BCUT2D eigenvalue weighted by atomic mass is 10.1. The van der Waals surface area contributed by atoms with Crippen LogP contribution in [0.1, 0.15) is 11.3 Å². The number of carbonyl (C=O) groups excluding carboxylic acids is 1. The number of nitrogens with one attached hydrogen (secondary N) is 2. The Morgan fingerprint density at radius 1 is 1.24 bits per heavy atom. The normalized spacial score (nSPS) is 10.9. The number of para-hydroxylation sites is 1. The minimum Gasteiger partial charge on any atom is -0.346 e. The van der Waals surface area contributed by atoms with Gasteiger partial charge in [0.2, 0.25) is 0 Å². The first kappa shape index (κ1) is 15.4. The SMILES string of the molecule is Cc1c(CNCCNC(=O)N(C)C)n(C)c2ccccc12. The number of rotatable bonds is 5. The summed E-state index contributed by atoms with van der Waals surface area (Å²) in [6, 6.07) is 8.38. The number of aryl methyl sites for hydroxylation is 2. The predicted molar refractivity (Wildman–Crippen MR) is 86.4 cm³/mol. The maximum Gasteiger partial charge on any atom is 0.316 e. The van der Waals surface area contributed by atoms with Gasteiger partial charge in [0.25, 0.3) is 0 Å². The maximum atomic E-state index is 11.4. The van der Waals surface area contributed by atoms with Gasteiger partial charge in [-0.2, -0.15) is 0 Å². The highest BCUT2D eigenvalue weighted by atomic mass is 16.2. The first-order valence-corrected chi connectivity index (χ1v) is 7.21. The summed E-state index contributed by atoms with van der Waals surface area (Å²) in [6.07, 6.45) is 0. The van der Waals surface area contributed by atoms with E-state index in [-0.39, 0.29) is 6.03 Å². The van der Waals surface area contributed by atoms with Gasteiger partial charge in [0.1, 0.15) is 0 Å². The van der Waals surface area contributed by atoms with Gasteiger partial charge in [-0.15, -0.1) is 0 Å². The van der Waals surface area contributed by atoms with Crippen molar-refractivity contribution in [2.45, 2.75) is 13.5 Å². The van der Waals surface area contributed by atoms with E-state index in [0.29, 0.717) is 6.54 Å². The highest BCUT2D eigenvalue weighted by molar-refractivity contribution is 5.85. The van der Waals surface area contributed by atoms with E-state index in [1.165, 1.54) is 27.1 Å². The molecule has 0 aliphatic rings. The average molecular weight is 288 g/mol. The molecular weight excluding hydrogens is 264 g/mol. The quantitative estimate of drug-likeness (QED) is 0.825. The van der Waals surface area contributed by atoms with Gasteiger partial charge >= 0.3 is 6.03 Å². The van der Waals surface area contributed by atoms with Crippen molar-refractivity contribution >= 4 is 16.9 Å². The van der Waals surface area contributed by atoms with Crippen molar-refractivity contribution in [3.8, 4) is 0 Å². The van der Waals surface area contributed by atoms with E-state index in [0.717, 1.165) is 13.1 Å². The molecule has 0 bridgehead atoms. The van der Waals surface area contributed by atoms with Crippen molar-refractivity contribution in [3.05, 3.63) is 35.5 Å². The molecule has 0 saturated carbocycles. The molecule has 0 atom stereocenters. The molecule has 114 valence electrons. The van der Waals surface area contributed by atoms with Crippen LogP contribution in [-0.2, 0) is 13.6 Å². The molecule has 0 radical (unpaired) electrons. The lowest BCUT2D eigenvalue weighted by molar-refractivity contribution is 0.217. The van der Waals surface area contributed by atoms with E-state index < -0.39 is 0 Å². The van der Waals surface area contributed by atoms with E-state index >= 15 is 0 Å². The van der Waals surface area contributed by atoms with Gasteiger partial charge in [-0.25, -0.2) is 4.79 Å². The number of hydrogen-bond donors (Lipinski definition) is 2. The third kappa shape index (κ3) is 3.36. The Hall–Kier alpha value is -2.01. The number of urea groups is 1. The molecule has 1 heterocycles. The monoisotopic (exact) mass is 288 g/mol. The van der Waals surface area contributed by atoms with Crippen LogP contribution in [0.2, 0.25) is 0 Å². The van der Waals surface area contributed by atoms with Gasteiger partial charge in [0.15, 0.2) is 0 Å². The zero-order valence-corrected chi connectivity index (χ0v) is 13.2. The molecular formula is C16H24N4O. The molecule has 1 aromatic carbocycles. The minimum absolute atomic E-state index is 0.0578. The van der Waals surface area contributed by atoms with Gasteiger partial charge in [-0.3, -0.25) is 0 Å².